The number of anilines is 2. The molecule has 0 unspecified atom stereocenters. The standard InChI is InChI=1S/C26H31N3O/c1-4-19-12-14-20(15-13-19)27-25-16-22(21-9-5-6-10-24(21)28-25)26(30)29-23-11-7-8-17(2)18(23)3/h5-6,9-10,12-18,23H,4,7-8,11H2,1-3H3,(H,27,28)(H,29,30)/t17-,18-,23-/m1/s1. The van der Waals surface area contributed by atoms with Crippen LogP contribution in [-0.2, 0) is 6.42 Å². The van der Waals surface area contributed by atoms with Gasteiger partial charge in [0.2, 0.25) is 0 Å². The predicted octanol–water partition coefficient (Wildman–Crippen LogP) is 6.10. The van der Waals surface area contributed by atoms with E-state index in [0.29, 0.717) is 23.2 Å². The van der Waals surface area contributed by atoms with Crippen molar-refractivity contribution in [2.45, 2.75) is 52.5 Å². The topological polar surface area (TPSA) is 54.0 Å². The first-order valence-corrected chi connectivity index (χ1v) is 11.1. The highest BCUT2D eigenvalue weighted by Crippen LogP contribution is 2.30. The Balaban J connectivity index is 1.63. The lowest BCUT2D eigenvalue weighted by Gasteiger charge is -2.34. The quantitative estimate of drug-likeness (QED) is 0.543. The molecule has 0 radical (unpaired) electrons. The minimum absolute atomic E-state index is 0.0102. The van der Waals surface area contributed by atoms with Crippen LogP contribution < -0.4 is 10.6 Å². The molecule has 1 aliphatic rings. The third-order valence-corrected chi connectivity index (χ3v) is 6.62. The van der Waals surface area contributed by atoms with Gasteiger partial charge in [0.05, 0.1) is 11.1 Å². The van der Waals surface area contributed by atoms with Crippen molar-refractivity contribution < 1.29 is 4.79 Å². The van der Waals surface area contributed by atoms with Gasteiger partial charge in [-0.3, -0.25) is 4.79 Å². The maximum absolute atomic E-state index is 13.3. The number of para-hydroxylation sites is 1. The van der Waals surface area contributed by atoms with Crippen LogP contribution in [-0.4, -0.2) is 16.9 Å². The van der Waals surface area contributed by atoms with Crippen LogP contribution in [0.25, 0.3) is 10.9 Å². The third kappa shape index (κ3) is 4.33. The molecular formula is C26H31N3O. The van der Waals surface area contributed by atoms with Crippen LogP contribution in [0.5, 0.6) is 0 Å². The number of pyridine rings is 1. The second-order valence-corrected chi connectivity index (χ2v) is 8.59. The van der Waals surface area contributed by atoms with E-state index in [0.717, 1.165) is 29.4 Å². The summed E-state index contributed by atoms with van der Waals surface area (Å²) in [5.41, 5.74) is 3.76. The third-order valence-electron chi connectivity index (χ3n) is 6.62. The van der Waals surface area contributed by atoms with E-state index in [2.05, 4.69) is 55.7 Å². The van der Waals surface area contributed by atoms with E-state index < -0.39 is 0 Å². The van der Waals surface area contributed by atoms with Gasteiger partial charge in [-0.05, 0) is 54.5 Å². The van der Waals surface area contributed by atoms with Crippen LogP contribution >= 0.6 is 0 Å². The first kappa shape index (κ1) is 20.4. The highest BCUT2D eigenvalue weighted by Gasteiger charge is 2.28. The van der Waals surface area contributed by atoms with Crippen molar-refractivity contribution >= 4 is 28.3 Å². The minimum atomic E-state index is -0.0102. The summed E-state index contributed by atoms with van der Waals surface area (Å²) < 4.78 is 0. The molecule has 1 amide bonds. The average molecular weight is 402 g/mol. The predicted molar refractivity (Wildman–Crippen MR) is 124 cm³/mol. The molecule has 0 saturated heterocycles. The normalized spacial score (nSPS) is 21.4. The molecule has 2 aromatic carbocycles. The van der Waals surface area contributed by atoms with Crippen LogP contribution in [0.2, 0.25) is 0 Å². The molecular weight excluding hydrogens is 370 g/mol. The molecule has 1 saturated carbocycles. The molecule has 1 aliphatic carbocycles. The fourth-order valence-corrected chi connectivity index (χ4v) is 4.43. The van der Waals surface area contributed by atoms with Crippen molar-refractivity contribution in [1.29, 1.82) is 0 Å². The summed E-state index contributed by atoms with van der Waals surface area (Å²) >= 11 is 0. The van der Waals surface area contributed by atoms with E-state index in [9.17, 15) is 4.79 Å². The van der Waals surface area contributed by atoms with E-state index >= 15 is 0 Å². The number of nitrogens with one attached hydrogen (secondary N) is 2. The Labute approximate surface area is 179 Å². The molecule has 3 atom stereocenters. The molecule has 1 heterocycles. The monoisotopic (exact) mass is 401 g/mol. The first-order chi connectivity index (χ1) is 14.5. The van der Waals surface area contributed by atoms with Crippen LogP contribution in [0.15, 0.2) is 54.6 Å². The number of nitrogens with zero attached hydrogens (tertiary/aromatic N) is 1. The van der Waals surface area contributed by atoms with Crippen molar-refractivity contribution in [3.63, 3.8) is 0 Å². The summed E-state index contributed by atoms with van der Waals surface area (Å²) in [5.74, 6) is 1.81. The Morgan fingerprint density at radius 2 is 1.83 bits per heavy atom. The fraction of sp³-hybridized carbons (Fsp3) is 0.385. The Morgan fingerprint density at radius 3 is 2.60 bits per heavy atom. The molecule has 0 bridgehead atoms. The largest absolute Gasteiger partial charge is 0.349 e. The summed E-state index contributed by atoms with van der Waals surface area (Å²) in [5, 5.41) is 7.58. The highest BCUT2D eigenvalue weighted by atomic mass is 16.1. The number of fused-ring (bicyclic) bond motifs is 1. The van der Waals surface area contributed by atoms with Gasteiger partial charge < -0.3 is 10.6 Å². The highest BCUT2D eigenvalue weighted by molar-refractivity contribution is 6.07. The number of benzene rings is 2. The molecule has 4 heteroatoms. The molecule has 0 spiro atoms. The van der Waals surface area contributed by atoms with Crippen molar-refractivity contribution in [2.75, 3.05) is 5.32 Å². The number of aromatic nitrogens is 1. The van der Waals surface area contributed by atoms with E-state index in [1.807, 2.05) is 30.3 Å². The van der Waals surface area contributed by atoms with Crippen molar-refractivity contribution in [2.24, 2.45) is 11.8 Å². The molecule has 3 aromatic rings. The minimum Gasteiger partial charge on any atom is -0.349 e. The SMILES string of the molecule is CCc1ccc(Nc2cc(C(=O)N[C@@H]3CCC[C@@H](C)[C@H]3C)c3ccccc3n2)cc1. The molecule has 30 heavy (non-hydrogen) atoms. The van der Waals surface area contributed by atoms with Gasteiger partial charge in [-0.25, -0.2) is 4.98 Å². The van der Waals surface area contributed by atoms with E-state index in [1.165, 1.54) is 18.4 Å². The average Bonchev–Trinajstić information content (AvgIpc) is 2.77. The van der Waals surface area contributed by atoms with Gasteiger partial charge in [0.1, 0.15) is 5.82 Å². The summed E-state index contributed by atoms with van der Waals surface area (Å²) in [7, 11) is 0. The van der Waals surface area contributed by atoms with Gasteiger partial charge in [0.25, 0.3) is 5.91 Å². The second kappa shape index (κ2) is 8.86. The van der Waals surface area contributed by atoms with Gasteiger partial charge in [0.15, 0.2) is 0 Å². The van der Waals surface area contributed by atoms with Gasteiger partial charge in [-0.1, -0.05) is 63.9 Å². The van der Waals surface area contributed by atoms with E-state index in [4.69, 9.17) is 4.98 Å². The number of hydrogen-bond donors (Lipinski definition) is 2. The van der Waals surface area contributed by atoms with Crippen LogP contribution in [0.1, 0.15) is 56.0 Å². The van der Waals surface area contributed by atoms with Gasteiger partial charge in [0, 0.05) is 17.1 Å². The molecule has 4 nitrogen and oxygen atoms in total. The number of hydrogen-bond acceptors (Lipinski definition) is 3. The first-order valence-electron chi connectivity index (χ1n) is 11.1. The number of carbonyl (C=O) groups excluding carboxylic acids is 1. The molecule has 156 valence electrons. The number of carbonyl (C=O) groups is 1. The van der Waals surface area contributed by atoms with Gasteiger partial charge >= 0.3 is 0 Å². The molecule has 1 fully saturated rings. The van der Waals surface area contributed by atoms with Crippen molar-refractivity contribution in [3.8, 4) is 0 Å². The summed E-state index contributed by atoms with van der Waals surface area (Å²) in [6.07, 6.45) is 4.48. The zero-order chi connectivity index (χ0) is 21.1. The van der Waals surface area contributed by atoms with Gasteiger partial charge in [-0.2, -0.15) is 0 Å². The van der Waals surface area contributed by atoms with Crippen LogP contribution in [0, 0.1) is 11.8 Å². The molecule has 2 N–H and O–H groups in total. The zero-order valence-corrected chi connectivity index (χ0v) is 18.1. The Hall–Kier alpha value is -2.88. The zero-order valence-electron chi connectivity index (χ0n) is 18.1. The fourth-order valence-electron chi connectivity index (χ4n) is 4.43. The second-order valence-electron chi connectivity index (χ2n) is 8.59. The van der Waals surface area contributed by atoms with Crippen molar-refractivity contribution in [1.82, 2.24) is 10.3 Å². The molecule has 4 rings (SSSR count). The Kier molecular flexibility index (Phi) is 6.03. The number of amides is 1. The summed E-state index contributed by atoms with van der Waals surface area (Å²) in [6.45, 7) is 6.69. The molecule has 0 aliphatic heterocycles. The summed E-state index contributed by atoms with van der Waals surface area (Å²) in [4.78, 5) is 18.0. The number of aryl methyl sites for hydroxylation is 1. The Bertz CT molecular complexity index is 1030. The summed E-state index contributed by atoms with van der Waals surface area (Å²) in [6, 6.07) is 18.3. The maximum atomic E-state index is 13.3. The lowest BCUT2D eigenvalue weighted by molar-refractivity contribution is 0.0892. The maximum Gasteiger partial charge on any atom is 0.252 e. The molecule has 1 aromatic heterocycles. The lowest BCUT2D eigenvalue weighted by Crippen LogP contribution is -2.43. The van der Waals surface area contributed by atoms with Crippen LogP contribution in [0.4, 0.5) is 11.5 Å². The van der Waals surface area contributed by atoms with E-state index in [1.54, 1.807) is 0 Å². The van der Waals surface area contributed by atoms with Crippen LogP contribution in [0.3, 0.4) is 0 Å². The smallest absolute Gasteiger partial charge is 0.252 e. The van der Waals surface area contributed by atoms with Crippen molar-refractivity contribution in [3.05, 3.63) is 65.7 Å². The number of rotatable bonds is 5. The van der Waals surface area contributed by atoms with Gasteiger partial charge in [-0.15, -0.1) is 0 Å². The lowest BCUT2D eigenvalue weighted by atomic mass is 9.78. The Morgan fingerprint density at radius 1 is 1.07 bits per heavy atom. The van der Waals surface area contributed by atoms with E-state index in [-0.39, 0.29) is 11.9 Å².